The van der Waals surface area contributed by atoms with Gasteiger partial charge >= 0.3 is 22.5 Å². The van der Waals surface area contributed by atoms with Crippen LogP contribution < -0.4 is 18.9 Å². The number of hydrogen-bond acceptors (Lipinski definition) is 9. The minimum Gasteiger partial charge on any atom is -0.491 e. The van der Waals surface area contributed by atoms with Gasteiger partial charge in [0.1, 0.15) is 23.1 Å². The number of aryl methyl sites for hydroxylation is 1. The van der Waals surface area contributed by atoms with Gasteiger partial charge in [-0.3, -0.25) is 0 Å². The van der Waals surface area contributed by atoms with Gasteiger partial charge in [0.25, 0.3) is 0 Å². The summed E-state index contributed by atoms with van der Waals surface area (Å²) in [5.41, 5.74) is -0.483. The summed E-state index contributed by atoms with van der Waals surface area (Å²) in [7, 11) is -2.67. The van der Waals surface area contributed by atoms with Crippen molar-refractivity contribution in [2.45, 2.75) is 19.0 Å². The first-order chi connectivity index (χ1) is 17.4. The minimum absolute atomic E-state index is 0.174. The number of ether oxygens (including phenoxy) is 4. The summed E-state index contributed by atoms with van der Waals surface area (Å²) in [5, 5.41) is 8.28. The number of benzene rings is 1. The zero-order valence-electron chi connectivity index (χ0n) is 19.5. The molecule has 16 heteroatoms. The molecule has 0 aliphatic carbocycles. The van der Waals surface area contributed by atoms with Crippen LogP contribution in [0.5, 0.6) is 17.4 Å². The fourth-order valence-electron chi connectivity index (χ4n) is 2.71. The first-order valence-electron chi connectivity index (χ1n) is 10.7. The van der Waals surface area contributed by atoms with Crippen LogP contribution in [0, 0.1) is 0 Å². The minimum atomic E-state index is -4.63. The fraction of sp³-hybridized carbons (Fsp3) is 0.429. The van der Waals surface area contributed by atoms with Crippen LogP contribution >= 0.6 is 11.6 Å². The third-order valence-corrected chi connectivity index (χ3v) is 5.67. The molecule has 0 atom stereocenters. The molecule has 0 fully saturated rings. The number of nitrogens with zero attached hydrogens (tertiary/aromatic N) is 1. The Morgan fingerprint density at radius 2 is 1.95 bits per heavy atom. The Labute approximate surface area is 216 Å². The number of pyridine rings is 1. The van der Waals surface area contributed by atoms with Gasteiger partial charge in [0, 0.05) is 25.9 Å². The molecule has 0 radical (unpaired) electrons. The van der Waals surface area contributed by atoms with Gasteiger partial charge in [-0.1, -0.05) is 17.7 Å². The standard InChI is InChI=1S/C21H25ClF3N3O8S/c1-33-9-10-34-16-5-4-14(3-2-8-35-20(30)28-37(31,32)27-6-7-29)18(12-16)36-19-17(22)11-15(13-26-19)21(23,24)25/h4-5,11-13,27,29H,2-3,6-10H2,1H3,(H,28,30). The van der Waals surface area contributed by atoms with Crippen LogP contribution in [0.2, 0.25) is 5.02 Å². The van der Waals surface area contributed by atoms with Crippen molar-refractivity contribution < 1.29 is 50.4 Å². The summed E-state index contributed by atoms with van der Waals surface area (Å²) in [4.78, 5) is 15.3. The Hall–Kier alpha value is -2.85. The topological polar surface area (TPSA) is 145 Å². The highest BCUT2D eigenvalue weighted by Crippen LogP contribution is 2.36. The van der Waals surface area contributed by atoms with E-state index in [1.165, 1.54) is 13.2 Å². The first-order valence-corrected chi connectivity index (χ1v) is 12.5. The molecular weight excluding hydrogens is 547 g/mol. The van der Waals surface area contributed by atoms with Gasteiger partial charge in [0.05, 0.1) is 25.4 Å². The van der Waals surface area contributed by atoms with Crippen molar-refractivity contribution in [2.75, 3.05) is 40.1 Å². The fourth-order valence-corrected chi connectivity index (χ4v) is 3.63. The molecule has 2 aromatic rings. The molecule has 1 aromatic heterocycles. The molecule has 0 spiro atoms. The molecule has 0 bridgehead atoms. The molecular formula is C21H25ClF3N3O8S. The summed E-state index contributed by atoms with van der Waals surface area (Å²) in [5.74, 6) is 0.306. The van der Waals surface area contributed by atoms with Crippen molar-refractivity contribution in [1.29, 1.82) is 0 Å². The van der Waals surface area contributed by atoms with Crippen molar-refractivity contribution in [3.05, 3.63) is 46.6 Å². The van der Waals surface area contributed by atoms with Crippen LogP contribution in [-0.4, -0.2) is 64.7 Å². The maximum atomic E-state index is 12.9. The Balaban J connectivity index is 2.09. The number of alkyl halides is 3. The van der Waals surface area contributed by atoms with Crippen molar-refractivity contribution in [1.82, 2.24) is 14.4 Å². The smallest absolute Gasteiger partial charge is 0.421 e. The van der Waals surface area contributed by atoms with Gasteiger partial charge in [0.15, 0.2) is 0 Å². The third-order valence-electron chi connectivity index (χ3n) is 4.38. The predicted octanol–water partition coefficient (Wildman–Crippen LogP) is 3.06. The largest absolute Gasteiger partial charge is 0.491 e. The molecule has 0 aliphatic rings. The molecule has 0 saturated carbocycles. The van der Waals surface area contributed by atoms with Crippen LogP contribution in [0.25, 0.3) is 0 Å². The molecule has 11 nitrogen and oxygen atoms in total. The van der Waals surface area contributed by atoms with E-state index in [4.69, 9.17) is 35.7 Å². The van der Waals surface area contributed by atoms with Gasteiger partial charge < -0.3 is 24.1 Å². The normalized spacial score (nSPS) is 11.7. The average Bonchev–Trinajstić information content (AvgIpc) is 2.82. The molecule has 206 valence electrons. The second-order valence-electron chi connectivity index (χ2n) is 7.18. The number of carbonyl (C=O) groups is 1. The molecule has 0 unspecified atom stereocenters. The van der Waals surface area contributed by atoms with E-state index in [-0.39, 0.29) is 49.3 Å². The highest BCUT2D eigenvalue weighted by Gasteiger charge is 2.32. The third kappa shape index (κ3) is 10.6. The molecule has 3 N–H and O–H groups in total. The first kappa shape index (κ1) is 30.4. The number of aromatic nitrogens is 1. The lowest BCUT2D eigenvalue weighted by molar-refractivity contribution is -0.137. The number of aliphatic hydroxyl groups excluding tert-OH is 1. The summed E-state index contributed by atoms with van der Waals surface area (Å²) in [6.45, 7) is -0.368. The highest BCUT2D eigenvalue weighted by atomic mass is 35.5. The zero-order chi connectivity index (χ0) is 27.5. The summed E-state index contributed by atoms with van der Waals surface area (Å²) >= 11 is 5.96. The number of methoxy groups -OCH3 is 1. The van der Waals surface area contributed by atoms with Crippen molar-refractivity contribution in [2.24, 2.45) is 0 Å². The number of rotatable bonds is 14. The summed E-state index contributed by atoms with van der Waals surface area (Å²) in [6, 6.07) is 5.46. The lowest BCUT2D eigenvalue weighted by atomic mass is 10.1. The van der Waals surface area contributed by atoms with Crippen LogP contribution in [0.3, 0.4) is 0 Å². The Morgan fingerprint density at radius 1 is 1.19 bits per heavy atom. The van der Waals surface area contributed by atoms with Crippen molar-refractivity contribution in [3.8, 4) is 17.4 Å². The highest BCUT2D eigenvalue weighted by molar-refractivity contribution is 7.88. The number of aliphatic hydroxyl groups is 1. The Bertz CT molecular complexity index is 1150. The Morgan fingerprint density at radius 3 is 2.59 bits per heavy atom. The zero-order valence-corrected chi connectivity index (χ0v) is 21.1. The van der Waals surface area contributed by atoms with E-state index in [2.05, 4.69) is 4.98 Å². The van der Waals surface area contributed by atoms with Crippen LogP contribution in [-0.2, 0) is 32.3 Å². The van der Waals surface area contributed by atoms with Gasteiger partial charge in [-0.25, -0.2) is 14.5 Å². The SMILES string of the molecule is COCCOc1ccc(CCCOC(=O)NS(=O)(=O)NCCO)c(Oc2ncc(C(F)(F)F)cc2Cl)c1. The second-order valence-corrected chi connectivity index (χ2v) is 9.09. The van der Waals surface area contributed by atoms with Crippen molar-refractivity contribution in [3.63, 3.8) is 0 Å². The molecule has 2 rings (SSSR count). The summed E-state index contributed by atoms with van der Waals surface area (Å²) in [6.07, 6.45) is -4.77. The predicted molar refractivity (Wildman–Crippen MR) is 125 cm³/mol. The maximum Gasteiger partial charge on any atom is 0.421 e. The van der Waals surface area contributed by atoms with Gasteiger partial charge in [0.2, 0.25) is 5.88 Å². The van der Waals surface area contributed by atoms with Gasteiger partial charge in [-0.05, 0) is 30.5 Å². The quantitative estimate of drug-likeness (QED) is 0.291. The second kappa shape index (κ2) is 14.2. The van der Waals surface area contributed by atoms with Crippen molar-refractivity contribution >= 4 is 27.9 Å². The molecule has 1 aromatic carbocycles. The summed E-state index contributed by atoms with van der Waals surface area (Å²) < 4.78 is 86.4. The lowest BCUT2D eigenvalue weighted by Crippen LogP contribution is -2.41. The molecule has 0 saturated heterocycles. The number of amides is 1. The van der Waals surface area contributed by atoms with Crippen LogP contribution in [0.15, 0.2) is 30.5 Å². The van der Waals surface area contributed by atoms with Crippen LogP contribution in [0.4, 0.5) is 18.0 Å². The number of nitrogens with one attached hydrogen (secondary N) is 2. The van der Waals surface area contributed by atoms with Gasteiger partial charge in [-0.15, -0.1) is 0 Å². The van der Waals surface area contributed by atoms with E-state index in [1.807, 2.05) is 4.72 Å². The average molecular weight is 572 g/mol. The number of carbonyl (C=O) groups excluding carboxylic acids is 1. The monoisotopic (exact) mass is 571 g/mol. The maximum absolute atomic E-state index is 12.9. The number of hydrogen-bond donors (Lipinski definition) is 3. The van der Waals surface area contributed by atoms with E-state index in [0.29, 0.717) is 30.2 Å². The molecule has 37 heavy (non-hydrogen) atoms. The van der Waals surface area contributed by atoms with Crippen LogP contribution in [0.1, 0.15) is 17.5 Å². The number of halogens is 4. The Kier molecular flexibility index (Phi) is 11.6. The molecule has 1 heterocycles. The lowest BCUT2D eigenvalue weighted by Gasteiger charge is -2.15. The molecule has 1 amide bonds. The van der Waals surface area contributed by atoms with E-state index in [1.54, 1.807) is 16.9 Å². The van der Waals surface area contributed by atoms with Gasteiger partial charge in [-0.2, -0.15) is 26.3 Å². The van der Waals surface area contributed by atoms with E-state index in [0.717, 1.165) is 0 Å². The van der Waals surface area contributed by atoms with E-state index in [9.17, 15) is 26.4 Å². The van der Waals surface area contributed by atoms with E-state index < -0.39 is 34.6 Å². The molecule has 0 aliphatic heterocycles. The van der Waals surface area contributed by atoms with E-state index >= 15 is 0 Å².